The van der Waals surface area contributed by atoms with E-state index < -0.39 is 23.8 Å². The standard InChI is InChI=1S/C30H31N3O5/c34-28(35)13-14-31-29(36)24(19-22-5-9-26(10-6-22)32-15-1-2-16-32)21-25(30(37)38)20-23-7-11-27(12-8-23)33-17-3-4-18-33/h1-12,15-18,24-25H,13-14,19-21H2,(H,31,36)(H,34,35)(H,37,38)/t24-,25+/m0/s1. The van der Waals surface area contributed by atoms with E-state index in [4.69, 9.17) is 5.11 Å². The molecular formula is C30H31N3O5. The highest BCUT2D eigenvalue weighted by Gasteiger charge is 2.28. The molecule has 2 aromatic heterocycles. The third-order valence-corrected chi connectivity index (χ3v) is 6.57. The van der Waals surface area contributed by atoms with Crippen LogP contribution >= 0.6 is 0 Å². The Morgan fingerprint density at radius 2 is 1.13 bits per heavy atom. The van der Waals surface area contributed by atoms with E-state index in [0.29, 0.717) is 6.42 Å². The monoisotopic (exact) mass is 513 g/mol. The topological polar surface area (TPSA) is 114 Å². The van der Waals surface area contributed by atoms with Crippen LogP contribution in [-0.4, -0.2) is 43.7 Å². The minimum absolute atomic E-state index is 0.00414. The molecule has 196 valence electrons. The summed E-state index contributed by atoms with van der Waals surface area (Å²) in [7, 11) is 0. The second-order valence-corrected chi connectivity index (χ2v) is 9.32. The Labute approximate surface area is 221 Å². The number of benzene rings is 2. The van der Waals surface area contributed by atoms with Crippen molar-refractivity contribution < 1.29 is 24.6 Å². The zero-order valence-corrected chi connectivity index (χ0v) is 20.9. The van der Waals surface area contributed by atoms with Crippen molar-refractivity contribution in [3.8, 4) is 11.4 Å². The van der Waals surface area contributed by atoms with E-state index >= 15 is 0 Å². The number of hydrogen-bond donors (Lipinski definition) is 3. The largest absolute Gasteiger partial charge is 0.481 e. The maximum Gasteiger partial charge on any atom is 0.306 e. The summed E-state index contributed by atoms with van der Waals surface area (Å²) >= 11 is 0. The molecule has 0 radical (unpaired) electrons. The van der Waals surface area contributed by atoms with Gasteiger partial charge in [0.05, 0.1) is 12.3 Å². The Morgan fingerprint density at radius 1 is 0.684 bits per heavy atom. The summed E-state index contributed by atoms with van der Waals surface area (Å²) in [6.45, 7) is -0.00414. The summed E-state index contributed by atoms with van der Waals surface area (Å²) in [5, 5.41) is 21.6. The number of aliphatic carboxylic acids is 2. The van der Waals surface area contributed by atoms with Crippen LogP contribution in [-0.2, 0) is 27.2 Å². The number of carbonyl (C=O) groups is 3. The summed E-state index contributed by atoms with van der Waals surface area (Å²) in [4.78, 5) is 36.2. The highest BCUT2D eigenvalue weighted by molar-refractivity contribution is 5.80. The van der Waals surface area contributed by atoms with Crippen molar-refractivity contribution >= 4 is 17.8 Å². The van der Waals surface area contributed by atoms with Gasteiger partial charge in [-0.1, -0.05) is 24.3 Å². The molecule has 0 bridgehead atoms. The van der Waals surface area contributed by atoms with Gasteiger partial charge in [0.2, 0.25) is 5.91 Å². The molecule has 38 heavy (non-hydrogen) atoms. The van der Waals surface area contributed by atoms with Crippen LogP contribution in [0.5, 0.6) is 0 Å². The third kappa shape index (κ3) is 7.22. The molecule has 0 saturated heterocycles. The molecule has 4 rings (SSSR count). The van der Waals surface area contributed by atoms with Gasteiger partial charge in [-0.3, -0.25) is 14.4 Å². The van der Waals surface area contributed by atoms with E-state index in [2.05, 4.69) is 5.32 Å². The van der Waals surface area contributed by atoms with Crippen molar-refractivity contribution in [2.24, 2.45) is 11.8 Å². The molecule has 2 heterocycles. The van der Waals surface area contributed by atoms with Crippen molar-refractivity contribution in [2.45, 2.75) is 25.7 Å². The van der Waals surface area contributed by atoms with Gasteiger partial charge in [0.25, 0.3) is 0 Å². The van der Waals surface area contributed by atoms with Gasteiger partial charge in [-0.05, 0) is 78.9 Å². The van der Waals surface area contributed by atoms with E-state index in [9.17, 15) is 19.5 Å². The van der Waals surface area contributed by atoms with Crippen molar-refractivity contribution in [2.75, 3.05) is 6.54 Å². The smallest absolute Gasteiger partial charge is 0.306 e. The van der Waals surface area contributed by atoms with Crippen molar-refractivity contribution in [3.63, 3.8) is 0 Å². The number of hydrogen-bond acceptors (Lipinski definition) is 3. The Kier molecular flexibility index (Phi) is 8.77. The van der Waals surface area contributed by atoms with Crippen molar-refractivity contribution in [1.82, 2.24) is 14.5 Å². The Hall–Kier alpha value is -4.59. The van der Waals surface area contributed by atoms with Crippen LogP contribution in [0.25, 0.3) is 11.4 Å². The van der Waals surface area contributed by atoms with Crippen LogP contribution in [0, 0.1) is 11.8 Å². The first kappa shape index (κ1) is 26.5. The van der Waals surface area contributed by atoms with Crippen LogP contribution in [0.1, 0.15) is 24.0 Å². The Bertz CT molecular complexity index is 1330. The molecule has 0 unspecified atom stereocenters. The lowest BCUT2D eigenvalue weighted by atomic mass is 9.85. The summed E-state index contributed by atoms with van der Waals surface area (Å²) in [6.07, 6.45) is 8.33. The molecule has 0 fully saturated rings. The van der Waals surface area contributed by atoms with Crippen LogP contribution in [0.15, 0.2) is 97.6 Å². The molecule has 3 N–H and O–H groups in total. The van der Waals surface area contributed by atoms with E-state index in [1.165, 1.54) is 0 Å². The number of amides is 1. The molecule has 2 atom stereocenters. The summed E-state index contributed by atoms with van der Waals surface area (Å²) in [5.41, 5.74) is 3.73. The van der Waals surface area contributed by atoms with Gasteiger partial charge in [-0.15, -0.1) is 0 Å². The van der Waals surface area contributed by atoms with Gasteiger partial charge >= 0.3 is 11.9 Å². The first-order chi connectivity index (χ1) is 18.4. The average molecular weight is 514 g/mol. The molecule has 1 amide bonds. The lowest BCUT2D eigenvalue weighted by molar-refractivity contribution is -0.142. The third-order valence-electron chi connectivity index (χ3n) is 6.57. The van der Waals surface area contributed by atoms with Crippen LogP contribution in [0.3, 0.4) is 0 Å². The molecule has 8 heteroatoms. The van der Waals surface area contributed by atoms with Gasteiger partial charge in [0.1, 0.15) is 0 Å². The summed E-state index contributed by atoms with van der Waals surface area (Å²) in [5.74, 6) is -3.71. The molecule has 0 aliphatic rings. The molecular weight excluding hydrogens is 482 g/mol. The zero-order chi connectivity index (χ0) is 26.9. The average Bonchev–Trinajstić information content (AvgIpc) is 3.63. The van der Waals surface area contributed by atoms with Crippen LogP contribution in [0.2, 0.25) is 0 Å². The Morgan fingerprint density at radius 3 is 1.55 bits per heavy atom. The predicted octanol–water partition coefficient (Wildman–Crippen LogP) is 4.35. The van der Waals surface area contributed by atoms with Gasteiger partial charge in [0.15, 0.2) is 0 Å². The Balaban J connectivity index is 1.48. The number of carbonyl (C=O) groups excluding carboxylic acids is 1. The van der Waals surface area contributed by atoms with E-state index in [1.807, 2.05) is 107 Å². The first-order valence-electron chi connectivity index (χ1n) is 12.6. The fraction of sp³-hybridized carbons (Fsp3) is 0.233. The highest BCUT2D eigenvalue weighted by atomic mass is 16.4. The first-order valence-corrected chi connectivity index (χ1v) is 12.6. The van der Waals surface area contributed by atoms with E-state index in [0.717, 1.165) is 22.5 Å². The van der Waals surface area contributed by atoms with Gasteiger partial charge in [-0.25, -0.2) is 0 Å². The van der Waals surface area contributed by atoms with Crippen LogP contribution in [0.4, 0.5) is 0 Å². The molecule has 8 nitrogen and oxygen atoms in total. The zero-order valence-electron chi connectivity index (χ0n) is 20.9. The number of nitrogens with zero attached hydrogens (tertiary/aromatic N) is 2. The number of nitrogens with one attached hydrogen (secondary N) is 1. The quantitative estimate of drug-likeness (QED) is 0.246. The predicted molar refractivity (Wildman–Crippen MR) is 143 cm³/mol. The second kappa shape index (κ2) is 12.6. The van der Waals surface area contributed by atoms with Crippen molar-refractivity contribution in [1.29, 1.82) is 0 Å². The number of carboxylic acid groups (broad SMARTS) is 2. The van der Waals surface area contributed by atoms with E-state index in [-0.39, 0.29) is 31.7 Å². The molecule has 0 spiro atoms. The number of rotatable bonds is 13. The maximum absolute atomic E-state index is 13.1. The summed E-state index contributed by atoms with van der Waals surface area (Å²) < 4.78 is 3.94. The minimum Gasteiger partial charge on any atom is -0.481 e. The van der Waals surface area contributed by atoms with E-state index in [1.54, 1.807) is 0 Å². The SMILES string of the molecule is O=C(O)CCNC(=O)[C@@H](Cc1ccc(-n2cccc2)cc1)C[C@@H](Cc1ccc(-n2cccc2)cc1)C(=O)O. The molecule has 2 aromatic carbocycles. The molecule has 0 aliphatic heterocycles. The van der Waals surface area contributed by atoms with Gasteiger partial charge < -0.3 is 24.7 Å². The molecule has 0 aliphatic carbocycles. The second-order valence-electron chi connectivity index (χ2n) is 9.32. The van der Waals surface area contributed by atoms with Crippen molar-refractivity contribution in [3.05, 3.63) is 109 Å². The van der Waals surface area contributed by atoms with Gasteiger partial charge in [0, 0.05) is 48.6 Å². The van der Waals surface area contributed by atoms with Crippen LogP contribution < -0.4 is 5.32 Å². The lowest BCUT2D eigenvalue weighted by Gasteiger charge is -2.21. The lowest BCUT2D eigenvalue weighted by Crippen LogP contribution is -2.36. The number of aromatic nitrogens is 2. The fourth-order valence-corrected chi connectivity index (χ4v) is 4.53. The molecule has 4 aromatic rings. The number of carboxylic acids is 2. The minimum atomic E-state index is -1.01. The maximum atomic E-state index is 13.1. The fourth-order valence-electron chi connectivity index (χ4n) is 4.53. The van der Waals surface area contributed by atoms with Gasteiger partial charge in [-0.2, -0.15) is 0 Å². The highest BCUT2D eigenvalue weighted by Crippen LogP contribution is 2.24. The molecule has 0 saturated carbocycles. The summed E-state index contributed by atoms with van der Waals surface area (Å²) in [6, 6.07) is 23.2. The normalized spacial score (nSPS) is 12.5.